The molecule has 1 aromatic carbocycles. The van der Waals surface area contributed by atoms with Crippen molar-refractivity contribution in [3.63, 3.8) is 0 Å². The zero-order chi connectivity index (χ0) is 12.1. The van der Waals surface area contributed by atoms with Gasteiger partial charge < -0.3 is 5.73 Å². The van der Waals surface area contributed by atoms with E-state index in [1.165, 1.54) is 0 Å². The molecule has 90 valence electrons. The third-order valence-corrected chi connectivity index (χ3v) is 4.07. The van der Waals surface area contributed by atoms with Crippen LogP contribution < -0.4 is 5.73 Å². The van der Waals surface area contributed by atoms with Gasteiger partial charge in [0.2, 0.25) is 0 Å². The van der Waals surface area contributed by atoms with Crippen molar-refractivity contribution in [2.24, 2.45) is 5.92 Å². The second-order valence-corrected chi connectivity index (χ2v) is 6.24. The summed E-state index contributed by atoms with van der Waals surface area (Å²) in [4.78, 5) is 0.663. The molecule has 2 N–H and O–H groups in total. The van der Waals surface area contributed by atoms with Gasteiger partial charge in [-0.1, -0.05) is 31.9 Å². The van der Waals surface area contributed by atoms with Crippen LogP contribution in [0, 0.1) is 5.92 Å². The van der Waals surface area contributed by atoms with Crippen molar-refractivity contribution in [1.82, 2.24) is 0 Å². The Morgan fingerprint density at radius 3 is 2.75 bits per heavy atom. The van der Waals surface area contributed by atoms with Crippen LogP contribution in [0.1, 0.15) is 26.7 Å². The predicted molar refractivity (Wildman–Crippen MR) is 71.2 cm³/mol. The number of halogens is 1. The minimum atomic E-state index is -1.03. The SMILES string of the molecule is CC(C)CCCS(=O)c1cc(Cl)ccc1N. The summed E-state index contributed by atoms with van der Waals surface area (Å²) in [5.41, 5.74) is 6.33. The Hall–Kier alpha value is -0.540. The van der Waals surface area contributed by atoms with Crippen molar-refractivity contribution >= 4 is 28.1 Å². The zero-order valence-electron chi connectivity index (χ0n) is 9.70. The van der Waals surface area contributed by atoms with E-state index >= 15 is 0 Å². The van der Waals surface area contributed by atoms with Gasteiger partial charge in [-0.2, -0.15) is 0 Å². The van der Waals surface area contributed by atoms with Crippen molar-refractivity contribution in [2.75, 3.05) is 11.5 Å². The van der Waals surface area contributed by atoms with Gasteiger partial charge in [0, 0.05) is 16.5 Å². The highest BCUT2D eigenvalue weighted by Crippen LogP contribution is 2.22. The minimum Gasteiger partial charge on any atom is -0.398 e. The van der Waals surface area contributed by atoms with E-state index in [1.54, 1.807) is 18.2 Å². The molecule has 1 aromatic rings. The molecule has 0 spiro atoms. The van der Waals surface area contributed by atoms with Crippen molar-refractivity contribution in [3.8, 4) is 0 Å². The second-order valence-electron chi connectivity index (χ2n) is 4.27. The van der Waals surface area contributed by atoms with Crippen LogP contribution in [0.25, 0.3) is 0 Å². The third kappa shape index (κ3) is 4.14. The molecule has 0 heterocycles. The number of hydrogen-bond acceptors (Lipinski definition) is 2. The monoisotopic (exact) mass is 259 g/mol. The van der Waals surface area contributed by atoms with Gasteiger partial charge in [-0.05, 0) is 30.5 Å². The molecule has 0 bridgehead atoms. The van der Waals surface area contributed by atoms with Crippen LogP contribution in [0.15, 0.2) is 23.1 Å². The number of hydrogen-bond donors (Lipinski definition) is 1. The van der Waals surface area contributed by atoms with Crippen LogP contribution in [-0.4, -0.2) is 9.96 Å². The average molecular weight is 260 g/mol. The van der Waals surface area contributed by atoms with Crippen LogP contribution in [0.3, 0.4) is 0 Å². The van der Waals surface area contributed by atoms with E-state index in [9.17, 15) is 4.21 Å². The maximum atomic E-state index is 12.0. The smallest absolute Gasteiger partial charge is 0.0632 e. The van der Waals surface area contributed by atoms with Crippen LogP contribution in [0.4, 0.5) is 5.69 Å². The summed E-state index contributed by atoms with van der Waals surface area (Å²) >= 11 is 5.86. The molecule has 1 unspecified atom stereocenters. The quantitative estimate of drug-likeness (QED) is 0.823. The lowest BCUT2D eigenvalue weighted by Crippen LogP contribution is -2.03. The first kappa shape index (κ1) is 13.5. The summed E-state index contributed by atoms with van der Waals surface area (Å²) in [5.74, 6) is 1.30. The Bertz CT molecular complexity index is 379. The Labute approximate surface area is 105 Å². The lowest BCUT2D eigenvalue weighted by atomic mass is 10.1. The molecule has 4 heteroatoms. The van der Waals surface area contributed by atoms with Gasteiger partial charge in [-0.3, -0.25) is 4.21 Å². The molecule has 0 amide bonds. The summed E-state index contributed by atoms with van der Waals surface area (Å²) in [5, 5.41) is 0.585. The van der Waals surface area contributed by atoms with E-state index in [4.69, 9.17) is 17.3 Å². The average Bonchev–Trinajstić information content (AvgIpc) is 2.21. The maximum absolute atomic E-state index is 12.0. The number of rotatable bonds is 5. The summed E-state index contributed by atoms with van der Waals surface area (Å²) in [6.45, 7) is 4.33. The molecular formula is C12H18ClNOS. The third-order valence-electron chi connectivity index (χ3n) is 2.33. The fourth-order valence-corrected chi connectivity index (χ4v) is 2.91. The van der Waals surface area contributed by atoms with Crippen molar-refractivity contribution in [1.29, 1.82) is 0 Å². The molecule has 0 radical (unpaired) electrons. The van der Waals surface area contributed by atoms with E-state index < -0.39 is 10.8 Å². The lowest BCUT2D eigenvalue weighted by molar-refractivity contribution is 0.575. The second kappa shape index (κ2) is 6.26. The van der Waals surface area contributed by atoms with E-state index in [0.29, 0.717) is 27.3 Å². The highest BCUT2D eigenvalue weighted by molar-refractivity contribution is 7.85. The summed E-state index contributed by atoms with van der Waals surface area (Å²) < 4.78 is 12.0. The topological polar surface area (TPSA) is 43.1 Å². The molecule has 0 saturated heterocycles. The van der Waals surface area contributed by atoms with E-state index in [1.807, 2.05) is 0 Å². The van der Waals surface area contributed by atoms with E-state index in [-0.39, 0.29) is 0 Å². The molecule has 0 aliphatic carbocycles. The highest BCUT2D eigenvalue weighted by Gasteiger charge is 2.08. The van der Waals surface area contributed by atoms with Crippen LogP contribution in [-0.2, 0) is 10.8 Å². The molecule has 0 fully saturated rings. The van der Waals surface area contributed by atoms with Gasteiger partial charge in [-0.25, -0.2) is 0 Å². The highest BCUT2D eigenvalue weighted by atomic mass is 35.5. The molecule has 16 heavy (non-hydrogen) atoms. The first-order valence-corrected chi connectivity index (χ1v) is 7.14. The van der Waals surface area contributed by atoms with Crippen molar-refractivity contribution in [3.05, 3.63) is 23.2 Å². The molecule has 0 aliphatic heterocycles. The lowest BCUT2D eigenvalue weighted by Gasteiger charge is -2.07. The molecule has 1 atom stereocenters. The molecule has 2 nitrogen and oxygen atoms in total. The molecule has 0 saturated carbocycles. The molecular weight excluding hydrogens is 242 g/mol. The zero-order valence-corrected chi connectivity index (χ0v) is 11.3. The van der Waals surface area contributed by atoms with Crippen LogP contribution in [0.2, 0.25) is 5.02 Å². The van der Waals surface area contributed by atoms with Crippen molar-refractivity contribution < 1.29 is 4.21 Å². The van der Waals surface area contributed by atoms with Gasteiger partial charge in [0.1, 0.15) is 0 Å². The van der Waals surface area contributed by atoms with Gasteiger partial charge in [0.25, 0.3) is 0 Å². The van der Waals surface area contributed by atoms with Gasteiger partial charge in [0.05, 0.1) is 15.7 Å². The van der Waals surface area contributed by atoms with Crippen LogP contribution >= 0.6 is 11.6 Å². The summed E-state index contributed by atoms with van der Waals surface area (Å²) in [6.07, 6.45) is 2.04. The van der Waals surface area contributed by atoms with Gasteiger partial charge in [0.15, 0.2) is 0 Å². The Morgan fingerprint density at radius 1 is 1.44 bits per heavy atom. The summed E-state index contributed by atoms with van der Waals surface area (Å²) in [7, 11) is -1.03. The summed E-state index contributed by atoms with van der Waals surface area (Å²) in [6, 6.07) is 5.12. The van der Waals surface area contributed by atoms with Gasteiger partial charge >= 0.3 is 0 Å². The van der Waals surface area contributed by atoms with Crippen molar-refractivity contribution in [2.45, 2.75) is 31.6 Å². The van der Waals surface area contributed by atoms with E-state index in [2.05, 4.69) is 13.8 Å². The standard InChI is InChI=1S/C12H18ClNOS/c1-9(2)4-3-7-16(15)12-8-10(13)5-6-11(12)14/h5-6,8-9H,3-4,7,14H2,1-2H3. The number of nitrogens with two attached hydrogens (primary N) is 1. The number of nitrogen functional groups attached to an aromatic ring is 1. The fourth-order valence-electron chi connectivity index (χ4n) is 1.44. The van der Waals surface area contributed by atoms with Gasteiger partial charge in [-0.15, -0.1) is 0 Å². The number of anilines is 1. The minimum absolute atomic E-state index is 0.562. The molecule has 0 aromatic heterocycles. The first-order valence-electron chi connectivity index (χ1n) is 5.44. The molecule has 0 aliphatic rings. The van der Waals surface area contributed by atoms with E-state index in [0.717, 1.165) is 12.8 Å². The Balaban J connectivity index is 2.62. The largest absolute Gasteiger partial charge is 0.398 e. The number of benzene rings is 1. The first-order chi connectivity index (χ1) is 7.50. The normalized spacial score (nSPS) is 13.0. The maximum Gasteiger partial charge on any atom is 0.0632 e. The van der Waals surface area contributed by atoms with Crippen LogP contribution in [0.5, 0.6) is 0 Å². The predicted octanol–water partition coefficient (Wildman–Crippen LogP) is 3.47. The fraction of sp³-hybridized carbons (Fsp3) is 0.500. The molecule has 1 rings (SSSR count). The Kier molecular flexibility index (Phi) is 5.29. The Morgan fingerprint density at radius 2 is 2.12 bits per heavy atom.